The summed E-state index contributed by atoms with van der Waals surface area (Å²) in [5, 5.41) is 8.06. The summed E-state index contributed by atoms with van der Waals surface area (Å²) >= 11 is 2.99. The summed E-state index contributed by atoms with van der Waals surface area (Å²) < 4.78 is 5.34. The molecule has 0 aliphatic carbocycles. The highest BCUT2D eigenvalue weighted by Gasteiger charge is 2.32. The van der Waals surface area contributed by atoms with Gasteiger partial charge in [-0.05, 0) is 24.8 Å². The number of carbonyl (C=O) groups excluding carboxylic acids is 1. The van der Waals surface area contributed by atoms with Crippen LogP contribution in [0.25, 0.3) is 11.5 Å². The Kier molecular flexibility index (Phi) is 3.70. The zero-order chi connectivity index (χ0) is 15.8. The predicted octanol–water partition coefficient (Wildman–Crippen LogP) is 3.19. The van der Waals surface area contributed by atoms with E-state index in [0.717, 1.165) is 22.6 Å². The lowest BCUT2D eigenvalue weighted by Crippen LogP contribution is -2.28. The molecule has 4 heterocycles. The molecule has 1 amide bonds. The molecule has 0 spiro atoms. The average Bonchev–Trinajstić information content (AvgIpc) is 3.31. The second-order valence-corrected chi connectivity index (χ2v) is 7.11. The maximum absolute atomic E-state index is 12.5. The van der Waals surface area contributed by atoms with Crippen molar-refractivity contribution in [2.45, 2.75) is 19.3 Å². The quantitative estimate of drug-likeness (QED) is 0.728. The van der Waals surface area contributed by atoms with E-state index in [0.29, 0.717) is 24.8 Å². The second-order valence-electron chi connectivity index (χ2n) is 5.47. The van der Waals surface area contributed by atoms with E-state index < -0.39 is 0 Å². The summed E-state index contributed by atoms with van der Waals surface area (Å²) in [5.74, 6) is 1.41. The standard InChI is InChI=1S/C15H14N4O2S2/c1-9-12(23-8-16-9)15(20)19-4-2-10(6-19)13-17-14(21-18-13)11-3-5-22-7-11/h3,5,7-8,10H,2,4,6H2,1H3/t10-/m0/s1. The smallest absolute Gasteiger partial charge is 0.265 e. The average molecular weight is 346 g/mol. The Hall–Kier alpha value is -2.06. The van der Waals surface area contributed by atoms with Gasteiger partial charge in [-0.15, -0.1) is 11.3 Å². The molecule has 0 unspecified atom stereocenters. The van der Waals surface area contributed by atoms with Crippen LogP contribution in [0, 0.1) is 6.92 Å². The lowest BCUT2D eigenvalue weighted by Gasteiger charge is -2.14. The maximum atomic E-state index is 12.5. The molecule has 1 aliphatic rings. The summed E-state index contributed by atoms with van der Waals surface area (Å²) in [7, 11) is 0. The van der Waals surface area contributed by atoms with Crippen molar-refractivity contribution in [3.8, 4) is 11.5 Å². The highest BCUT2D eigenvalue weighted by atomic mass is 32.1. The van der Waals surface area contributed by atoms with Gasteiger partial charge in [0.2, 0.25) is 0 Å². The molecule has 1 atom stereocenters. The zero-order valence-corrected chi connectivity index (χ0v) is 14.1. The number of hydrogen-bond acceptors (Lipinski definition) is 7. The van der Waals surface area contributed by atoms with Crippen molar-refractivity contribution in [2.24, 2.45) is 0 Å². The first kappa shape index (κ1) is 14.5. The van der Waals surface area contributed by atoms with Crippen LogP contribution in [0.15, 0.2) is 26.9 Å². The van der Waals surface area contributed by atoms with Crippen molar-refractivity contribution in [1.29, 1.82) is 0 Å². The number of nitrogens with zero attached hydrogens (tertiary/aromatic N) is 4. The van der Waals surface area contributed by atoms with Gasteiger partial charge in [0.25, 0.3) is 11.8 Å². The predicted molar refractivity (Wildman–Crippen MR) is 87.7 cm³/mol. The van der Waals surface area contributed by atoms with E-state index in [4.69, 9.17) is 4.52 Å². The van der Waals surface area contributed by atoms with E-state index in [1.165, 1.54) is 11.3 Å². The molecule has 0 bridgehead atoms. The monoisotopic (exact) mass is 346 g/mol. The zero-order valence-electron chi connectivity index (χ0n) is 12.4. The number of aryl methyl sites for hydroxylation is 1. The molecule has 0 N–H and O–H groups in total. The minimum atomic E-state index is 0.0500. The first-order chi connectivity index (χ1) is 11.2. The number of rotatable bonds is 3. The van der Waals surface area contributed by atoms with Gasteiger partial charge in [-0.3, -0.25) is 4.79 Å². The van der Waals surface area contributed by atoms with E-state index in [1.54, 1.807) is 16.8 Å². The van der Waals surface area contributed by atoms with Crippen LogP contribution >= 0.6 is 22.7 Å². The summed E-state index contributed by atoms with van der Waals surface area (Å²) in [4.78, 5) is 23.7. The molecular formula is C15H14N4O2S2. The number of thiophene rings is 1. The molecule has 23 heavy (non-hydrogen) atoms. The molecule has 6 nitrogen and oxygen atoms in total. The van der Waals surface area contributed by atoms with Crippen LogP contribution < -0.4 is 0 Å². The van der Waals surface area contributed by atoms with Gasteiger partial charge >= 0.3 is 0 Å². The third kappa shape index (κ3) is 2.68. The SMILES string of the molecule is Cc1ncsc1C(=O)N1CC[C@H](c2noc(-c3ccsc3)n2)C1. The van der Waals surface area contributed by atoms with Crippen LogP contribution in [0.2, 0.25) is 0 Å². The van der Waals surface area contributed by atoms with Crippen molar-refractivity contribution >= 4 is 28.6 Å². The van der Waals surface area contributed by atoms with Crippen molar-refractivity contribution in [2.75, 3.05) is 13.1 Å². The van der Waals surface area contributed by atoms with E-state index in [2.05, 4.69) is 15.1 Å². The fourth-order valence-corrected chi connectivity index (χ4v) is 4.11. The normalized spacial score (nSPS) is 17.8. The van der Waals surface area contributed by atoms with Gasteiger partial charge in [-0.25, -0.2) is 4.98 Å². The first-order valence-electron chi connectivity index (χ1n) is 7.28. The minimum absolute atomic E-state index is 0.0500. The van der Waals surface area contributed by atoms with Crippen LogP contribution in [0.4, 0.5) is 0 Å². The molecule has 3 aromatic rings. The molecule has 8 heteroatoms. The highest BCUT2D eigenvalue weighted by Crippen LogP contribution is 2.29. The summed E-state index contributed by atoms with van der Waals surface area (Å²) in [6, 6.07) is 1.96. The third-order valence-corrected chi connectivity index (χ3v) is 5.59. The number of likely N-dealkylation sites (tertiary alicyclic amines) is 1. The third-order valence-electron chi connectivity index (χ3n) is 3.99. The summed E-state index contributed by atoms with van der Waals surface area (Å²) in [6.07, 6.45) is 0.853. The molecule has 1 fully saturated rings. The fraction of sp³-hybridized carbons (Fsp3) is 0.333. The molecular weight excluding hydrogens is 332 g/mol. The van der Waals surface area contributed by atoms with Crippen molar-refractivity contribution in [3.63, 3.8) is 0 Å². The van der Waals surface area contributed by atoms with Crippen molar-refractivity contribution in [3.05, 3.63) is 38.7 Å². The molecule has 0 saturated carbocycles. The van der Waals surface area contributed by atoms with Crippen molar-refractivity contribution < 1.29 is 9.32 Å². The van der Waals surface area contributed by atoms with Crippen LogP contribution in [-0.2, 0) is 0 Å². The van der Waals surface area contributed by atoms with Gasteiger partial charge in [-0.2, -0.15) is 16.3 Å². The van der Waals surface area contributed by atoms with E-state index in [-0.39, 0.29) is 11.8 Å². The molecule has 118 valence electrons. The molecule has 3 aromatic heterocycles. The Morgan fingerprint density at radius 2 is 2.39 bits per heavy atom. The Bertz CT molecular complexity index is 824. The second kappa shape index (κ2) is 5.86. The Morgan fingerprint density at radius 1 is 1.48 bits per heavy atom. The van der Waals surface area contributed by atoms with E-state index >= 15 is 0 Å². The Morgan fingerprint density at radius 3 is 3.13 bits per heavy atom. The molecule has 1 aliphatic heterocycles. The number of aromatic nitrogens is 3. The highest BCUT2D eigenvalue weighted by molar-refractivity contribution is 7.11. The number of amides is 1. The van der Waals surface area contributed by atoms with Gasteiger partial charge in [0.15, 0.2) is 5.82 Å². The Balaban J connectivity index is 1.48. The molecule has 0 radical (unpaired) electrons. The molecule has 0 aromatic carbocycles. The van der Waals surface area contributed by atoms with Crippen LogP contribution in [0.3, 0.4) is 0 Å². The number of thiazole rings is 1. The first-order valence-corrected chi connectivity index (χ1v) is 9.10. The summed E-state index contributed by atoms with van der Waals surface area (Å²) in [5.41, 5.74) is 3.45. The van der Waals surface area contributed by atoms with E-state index in [1.807, 2.05) is 28.7 Å². The molecule has 1 saturated heterocycles. The fourth-order valence-electron chi connectivity index (χ4n) is 2.71. The minimum Gasteiger partial charge on any atom is -0.337 e. The van der Waals surface area contributed by atoms with Crippen LogP contribution in [0.5, 0.6) is 0 Å². The van der Waals surface area contributed by atoms with Crippen LogP contribution in [0.1, 0.15) is 33.5 Å². The van der Waals surface area contributed by atoms with Gasteiger partial charge in [0.1, 0.15) is 4.88 Å². The van der Waals surface area contributed by atoms with Gasteiger partial charge < -0.3 is 9.42 Å². The largest absolute Gasteiger partial charge is 0.337 e. The lowest BCUT2D eigenvalue weighted by molar-refractivity contribution is 0.0794. The van der Waals surface area contributed by atoms with Crippen LogP contribution in [-0.4, -0.2) is 39.0 Å². The topological polar surface area (TPSA) is 72.1 Å². The Labute approximate surface area is 140 Å². The van der Waals surface area contributed by atoms with Gasteiger partial charge in [0, 0.05) is 24.4 Å². The van der Waals surface area contributed by atoms with Crippen molar-refractivity contribution in [1.82, 2.24) is 20.0 Å². The maximum Gasteiger partial charge on any atom is 0.265 e. The lowest BCUT2D eigenvalue weighted by atomic mass is 10.1. The van der Waals surface area contributed by atoms with E-state index in [9.17, 15) is 4.79 Å². The number of hydrogen-bond donors (Lipinski definition) is 0. The van der Waals surface area contributed by atoms with Gasteiger partial charge in [-0.1, -0.05) is 5.16 Å². The summed E-state index contributed by atoms with van der Waals surface area (Å²) in [6.45, 7) is 3.20. The number of carbonyl (C=O) groups is 1. The van der Waals surface area contributed by atoms with Gasteiger partial charge in [0.05, 0.1) is 16.8 Å². The molecule has 4 rings (SSSR count).